The molecule has 1 aliphatic rings. The summed E-state index contributed by atoms with van der Waals surface area (Å²) < 4.78 is 35.7. The van der Waals surface area contributed by atoms with Crippen LogP contribution in [0.25, 0.3) is 33.4 Å². The number of hydrogen-bond acceptors (Lipinski definition) is 5. The van der Waals surface area contributed by atoms with E-state index in [0.717, 1.165) is 41.8 Å². The summed E-state index contributed by atoms with van der Waals surface area (Å²) in [6, 6.07) is 18.6. The van der Waals surface area contributed by atoms with Crippen molar-refractivity contribution in [1.29, 1.82) is 0 Å². The number of nitrogen functional groups attached to an aromatic ring is 1. The first-order valence-electron chi connectivity index (χ1n) is 11.0. The number of ether oxygens (including phenoxy) is 2. The Labute approximate surface area is 200 Å². The van der Waals surface area contributed by atoms with Crippen molar-refractivity contribution in [1.82, 2.24) is 9.97 Å². The van der Waals surface area contributed by atoms with Gasteiger partial charge < -0.3 is 20.2 Å². The summed E-state index contributed by atoms with van der Waals surface area (Å²) in [7, 11) is -0.611. The maximum Gasteiger partial charge on any atom is 0.193 e. The highest BCUT2D eigenvalue weighted by Crippen LogP contribution is 2.29. The highest BCUT2D eigenvalue weighted by molar-refractivity contribution is 7.83. The Morgan fingerprint density at radius 3 is 2.29 bits per heavy atom. The van der Waals surface area contributed by atoms with Crippen LogP contribution in [-0.4, -0.2) is 46.0 Å². The van der Waals surface area contributed by atoms with Gasteiger partial charge in [0.1, 0.15) is 11.8 Å². The molecule has 1 unspecified atom stereocenters. The standard InChI is InChI=1S/C24H22FN3O2.C2H6OS/c25-20-12-21-22(13-23(27-21)30-19-2-1-11-29-14-19)28-24(20)17-5-3-15(4-6-17)16-7-9-18(26)10-8-16;1-4(2)3/h3-10,12-13,19,27H,1-2,11,14,26H2;1-2H3. The second-order valence-electron chi connectivity index (χ2n) is 8.28. The van der Waals surface area contributed by atoms with Crippen molar-refractivity contribution in [2.75, 3.05) is 31.5 Å². The zero-order valence-electron chi connectivity index (χ0n) is 19.2. The first-order valence-corrected chi connectivity index (χ1v) is 13.0. The molecule has 2 aromatic heterocycles. The first-order chi connectivity index (χ1) is 16.4. The third-order valence-corrected chi connectivity index (χ3v) is 5.35. The van der Waals surface area contributed by atoms with Gasteiger partial charge >= 0.3 is 0 Å². The van der Waals surface area contributed by atoms with Crippen LogP contribution in [-0.2, 0) is 15.5 Å². The summed E-state index contributed by atoms with van der Waals surface area (Å²) in [6.07, 6.45) is 5.22. The van der Waals surface area contributed by atoms with E-state index in [4.69, 9.17) is 15.2 Å². The fourth-order valence-electron chi connectivity index (χ4n) is 3.75. The number of hydrogen-bond donors (Lipinski definition) is 2. The third-order valence-electron chi connectivity index (χ3n) is 5.35. The van der Waals surface area contributed by atoms with Crippen molar-refractivity contribution < 1.29 is 18.1 Å². The summed E-state index contributed by atoms with van der Waals surface area (Å²) in [5, 5.41) is 0. The molecule has 0 saturated carbocycles. The molecule has 3 heterocycles. The number of nitrogens with one attached hydrogen (secondary N) is 1. The topological polar surface area (TPSA) is 90.2 Å². The molecule has 0 aliphatic carbocycles. The minimum atomic E-state index is -0.611. The number of nitrogens with two attached hydrogens (primary N) is 1. The van der Waals surface area contributed by atoms with Gasteiger partial charge in [0, 0.05) is 53.3 Å². The van der Waals surface area contributed by atoms with E-state index in [1.165, 1.54) is 6.07 Å². The largest absolute Gasteiger partial charge is 0.473 e. The molecular weight excluding hydrogens is 453 g/mol. The molecule has 8 heteroatoms. The van der Waals surface area contributed by atoms with Crippen molar-refractivity contribution in [3.8, 4) is 28.3 Å². The van der Waals surface area contributed by atoms with E-state index in [1.54, 1.807) is 12.5 Å². The van der Waals surface area contributed by atoms with Crippen molar-refractivity contribution in [3.63, 3.8) is 0 Å². The summed E-state index contributed by atoms with van der Waals surface area (Å²) in [5.41, 5.74) is 10.9. The van der Waals surface area contributed by atoms with Crippen molar-refractivity contribution in [3.05, 3.63) is 66.5 Å². The minimum absolute atomic E-state index is 0.0111. The molecule has 34 heavy (non-hydrogen) atoms. The molecule has 0 amide bonds. The molecule has 0 radical (unpaired) electrons. The lowest BCUT2D eigenvalue weighted by atomic mass is 10.0. The number of pyridine rings is 1. The van der Waals surface area contributed by atoms with E-state index in [-0.39, 0.29) is 11.9 Å². The van der Waals surface area contributed by atoms with E-state index in [1.807, 2.05) is 54.6 Å². The van der Waals surface area contributed by atoms with E-state index in [0.29, 0.717) is 29.2 Å². The second-order valence-corrected chi connectivity index (χ2v) is 9.77. The lowest BCUT2D eigenvalue weighted by Crippen LogP contribution is -2.28. The minimum Gasteiger partial charge on any atom is -0.473 e. The molecule has 1 aliphatic heterocycles. The quantitative estimate of drug-likeness (QED) is 0.393. The van der Waals surface area contributed by atoms with Crippen LogP contribution >= 0.6 is 0 Å². The normalized spacial score (nSPS) is 15.7. The van der Waals surface area contributed by atoms with Gasteiger partial charge in [0.2, 0.25) is 0 Å². The van der Waals surface area contributed by atoms with Gasteiger partial charge in [-0.2, -0.15) is 0 Å². The molecule has 1 fully saturated rings. The second kappa shape index (κ2) is 10.8. The molecule has 2 aromatic carbocycles. The number of rotatable bonds is 4. The van der Waals surface area contributed by atoms with Crippen molar-refractivity contribution in [2.45, 2.75) is 18.9 Å². The van der Waals surface area contributed by atoms with Crippen LogP contribution in [0.3, 0.4) is 0 Å². The highest BCUT2D eigenvalue weighted by atomic mass is 32.2. The lowest BCUT2D eigenvalue weighted by molar-refractivity contribution is 0.00582. The van der Waals surface area contributed by atoms with Crippen LogP contribution in [0.4, 0.5) is 10.1 Å². The summed E-state index contributed by atoms with van der Waals surface area (Å²) >= 11 is 0. The van der Waals surface area contributed by atoms with E-state index >= 15 is 0 Å². The first kappa shape index (κ1) is 23.9. The van der Waals surface area contributed by atoms with Crippen LogP contribution in [0.15, 0.2) is 60.7 Å². The Morgan fingerprint density at radius 2 is 1.68 bits per heavy atom. The molecular formula is C26H28FN3O3S. The number of halogens is 1. The van der Waals surface area contributed by atoms with Gasteiger partial charge in [-0.15, -0.1) is 0 Å². The van der Waals surface area contributed by atoms with Gasteiger partial charge in [-0.3, -0.25) is 4.21 Å². The van der Waals surface area contributed by atoms with Crippen LogP contribution in [0.5, 0.6) is 5.88 Å². The van der Waals surface area contributed by atoms with Gasteiger partial charge in [0.05, 0.1) is 17.6 Å². The predicted octanol–water partition coefficient (Wildman–Crippen LogP) is 5.17. The summed E-state index contributed by atoms with van der Waals surface area (Å²) in [5.74, 6) is 0.209. The van der Waals surface area contributed by atoms with Gasteiger partial charge in [-0.1, -0.05) is 36.4 Å². The Bertz CT molecular complexity index is 1260. The summed E-state index contributed by atoms with van der Waals surface area (Å²) in [6.45, 7) is 1.35. The van der Waals surface area contributed by atoms with E-state index in [2.05, 4.69) is 9.97 Å². The molecule has 4 aromatic rings. The van der Waals surface area contributed by atoms with Gasteiger partial charge in [0.15, 0.2) is 11.7 Å². The highest BCUT2D eigenvalue weighted by Gasteiger charge is 2.18. The number of aromatic amines is 1. The van der Waals surface area contributed by atoms with Crippen LogP contribution in [0.2, 0.25) is 0 Å². The Kier molecular flexibility index (Phi) is 7.59. The maximum absolute atomic E-state index is 14.8. The molecule has 178 valence electrons. The molecule has 3 N–H and O–H groups in total. The smallest absolute Gasteiger partial charge is 0.193 e. The van der Waals surface area contributed by atoms with Crippen LogP contribution < -0.4 is 10.5 Å². The van der Waals surface area contributed by atoms with E-state index in [9.17, 15) is 8.60 Å². The molecule has 1 saturated heterocycles. The number of nitrogens with zero attached hydrogens (tertiary/aromatic N) is 1. The van der Waals surface area contributed by atoms with Crippen molar-refractivity contribution in [2.24, 2.45) is 0 Å². The molecule has 1 atom stereocenters. The Hall–Kier alpha value is -3.23. The maximum atomic E-state index is 14.8. The molecule has 0 spiro atoms. The number of H-pyrrole nitrogens is 1. The molecule has 5 rings (SSSR count). The molecule has 6 nitrogen and oxygen atoms in total. The number of anilines is 1. The van der Waals surface area contributed by atoms with Gasteiger partial charge in [0.25, 0.3) is 0 Å². The zero-order valence-corrected chi connectivity index (χ0v) is 20.0. The molecule has 0 bridgehead atoms. The average molecular weight is 482 g/mol. The number of fused-ring (bicyclic) bond motifs is 1. The predicted molar refractivity (Wildman–Crippen MR) is 136 cm³/mol. The van der Waals surface area contributed by atoms with Crippen molar-refractivity contribution >= 4 is 27.5 Å². The average Bonchev–Trinajstić information content (AvgIpc) is 3.20. The summed E-state index contributed by atoms with van der Waals surface area (Å²) in [4.78, 5) is 7.65. The Balaban J connectivity index is 0.000000636. The van der Waals surface area contributed by atoms with Crippen LogP contribution in [0, 0.1) is 5.82 Å². The van der Waals surface area contributed by atoms with Crippen LogP contribution in [0.1, 0.15) is 12.8 Å². The third kappa shape index (κ3) is 6.01. The van der Waals surface area contributed by atoms with Gasteiger partial charge in [-0.05, 0) is 36.1 Å². The number of aromatic nitrogens is 2. The number of benzene rings is 2. The zero-order chi connectivity index (χ0) is 24.1. The fourth-order valence-corrected chi connectivity index (χ4v) is 3.75. The monoisotopic (exact) mass is 481 g/mol. The SMILES string of the molecule is CS(C)=O.Nc1ccc(-c2ccc(-c3nc4cc(OC5CCCOC5)[nH]c4cc3F)cc2)cc1. The van der Waals surface area contributed by atoms with E-state index < -0.39 is 10.8 Å². The Morgan fingerprint density at radius 1 is 1.06 bits per heavy atom. The van der Waals surface area contributed by atoms with Gasteiger partial charge in [-0.25, -0.2) is 9.37 Å². The lowest BCUT2D eigenvalue weighted by Gasteiger charge is -2.22. The fraction of sp³-hybridized carbons (Fsp3) is 0.269.